The standard InChI is InChI=1S/C17H19N3O/c1-11-9-15-12(3-2-4-16(15)18)10-14(11)17(21)20-13-5-7-19-8-6-13/h5-10,16H,2-4,18H2,1H3,(H,19,20,21)/t16-/m1/s1. The first kappa shape index (κ1) is 13.8. The highest BCUT2D eigenvalue weighted by atomic mass is 16.1. The van der Waals surface area contributed by atoms with Gasteiger partial charge in [0.2, 0.25) is 0 Å². The Morgan fingerprint density at radius 1 is 1.33 bits per heavy atom. The predicted molar refractivity (Wildman–Crippen MR) is 83.2 cm³/mol. The van der Waals surface area contributed by atoms with E-state index in [0.717, 1.165) is 36.1 Å². The van der Waals surface area contributed by atoms with E-state index in [9.17, 15) is 4.79 Å². The van der Waals surface area contributed by atoms with E-state index in [0.29, 0.717) is 0 Å². The molecule has 0 unspecified atom stereocenters. The summed E-state index contributed by atoms with van der Waals surface area (Å²) >= 11 is 0. The van der Waals surface area contributed by atoms with Crippen LogP contribution in [0, 0.1) is 6.92 Å². The normalized spacial score (nSPS) is 17.1. The van der Waals surface area contributed by atoms with Crippen molar-refractivity contribution in [2.45, 2.75) is 32.2 Å². The number of hydrogen-bond donors (Lipinski definition) is 2. The smallest absolute Gasteiger partial charge is 0.255 e. The zero-order valence-corrected chi connectivity index (χ0v) is 12.1. The number of nitrogens with one attached hydrogen (secondary N) is 1. The number of nitrogens with zero attached hydrogens (tertiary/aromatic N) is 1. The molecule has 0 radical (unpaired) electrons. The molecule has 108 valence electrons. The van der Waals surface area contributed by atoms with Gasteiger partial charge in [0.05, 0.1) is 0 Å². The number of nitrogens with two attached hydrogens (primary N) is 1. The van der Waals surface area contributed by atoms with E-state index in [1.165, 1.54) is 11.1 Å². The van der Waals surface area contributed by atoms with E-state index in [2.05, 4.69) is 16.4 Å². The summed E-state index contributed by atoms with van der Waals surface area (Å²) in [6.45, 7) is 1.96. The molecule has 0 saturated heterocycles. The van der Waals surface area contributed by atoms with Crippen molar-refractivity contribution in [3.05, 3.63) is 58.9 Å². The van der Waals surface area contributed by atoms with Crippen LogP contribution in [0.1, 0.15) is 45.9 Å². The van der Waals surface area contributed by atoms with Crippen molar-refractivity contribution in [3.63, 3.8) is 0 Å². The molecule has 1 aromatic carbocycles. The molecule has 1 heterocycles. The van der Waals surface area contributed by atoms with Crippen LogP contribution in [0.4, 0.5) is 5.69 Å². The summed E-state index contributed by atoms with van der Waals surface area (Å²) < 4.78 is 0. The number of benzene rings is 1. The van der Waals surface area contributed by atoms with Crippen molar-refractivity contribution in [2.24, 2.45) is 5.73 Å². The zero-order chi connectivity index (χ0) is 14.8. The summed E-state index contributed by atoms with van der Waals surface area (Å²) in [4.78, 5) is 16.4. The van der Waals surface area contributed by atoms with Crippen LogP contribution in [-0.4, -0.2) is 10.9 Å². The van der Waals surface area contributed by atoms with Crippen molar-refractivity contribution in [1.29, 1.82) is 0 Å². The Morgan fingerprint density at radius 2 is 2.10 bits per heavy atom. The topological polar surface area (TPSA) is 68.0 Å². The number of aromatic nitrogens is 1. The Morgan fingerprint density at radius 3 is 2.86 bits per heavy atom. The van der Waals surface area contributed by atoms with Gasteiger partial charge in [0, 0.05) is 29.7 Å². The minimum atomic E-state index is -0.0827. The molecule has 2 aromatic rings. The van der Waals surface area contributed by atoms with Gasteiger partial charge in [0.1, 0.15) is 0 Å². The van der Waals surface area contributed by atoms with E-state index in [1.54, 1.807) is 24.5 Å². The van der Waals surface area contributed by atoms with Crippen molar-refractivity contribution in [3.8, 4) is 0 Å². The molecule has 4 heteroatoms. The van der Waals surface area contributed by atoms with Crippen LogP contribution in [0.15, 0.2) is 36.7 Å². The third kappa shape index (κ3) is 2.81. The van der Waals surface area contributed by atoms with Crippen LogP contribution < -0.4 is 11.1 Å². The Hall–Kier alpha value is -2.20. The van der Waals surface area contributed by atoms with Gasteiger partial charge in [0.25, 0.3) is 5.91 Å². The molecular weight excluding hydrogens is 262 g/mol. The second kappa shape index (κ2) is 5.66. The van der Waals surface area contributed by atoms with Gasteiger partial charge in [-0.1, -0.05) is 6.07 Å². The van der Waals surface area contributed by atoms with Gasteiger partial charge in [-0.3, -0.25) is 9.78 Å². The minimum Gasteiger partial charge on any atom is -0.324 e. The number of aryl methyl sites for hydroxylation is 2. The lowest BCUT2D eigenvalue weighted by molar-refractivity contribution is 0.102. The first-order chi connectivity index (χ1) is 10.1. The molecule has 1 atom stereocenters. The molecule has 1 aromatic heterocycles. The molecule has 4 nitrogen and oxygen atoms in total. The highest BCUT2D eigenvalue weighted by Crippen LogP contribution is 2.30. The summed E-state index contributed by atoms with van der Waals surface area (Å²) in [6.07, 6.45) is 6.43. The number of rotatable bonds is 2. The van der Waals surface area contributed by atoms with Crippen LogP contribution in [0.25, 0.3) is 0 Å². The number of anilines is 1. The van der Waals surface area contributed by atoms with E-state index >= 15 is 0 Å². The van der Waals surface area contributed by atoms with Gasteiger partial charge < -0.3 is 11.1 Å². The largest absolute Gasteiger partial charge is 0.324 e. The highest BCUT2D eigenvalue weighted by Gasteiger charge is 2.20. The maximum absolute atomic E-state index is 12.4. The Labute approximate surface area is 124 Å². The molecule has 0 bridgehead atoms. The average Bonchev–Trinajstić information content (AvgIpc) is 2.48. The number of carbonyl (C=O) groups excluding carboxylic acids is 1. The first-order valence-corrected chi connectivity index (χ1v) is 7.25. The number of hydrogen-bond acceptors (Lipinski definition) is 3. The maximum Gasteiger partial charge on any atom is 0.255 e. The second-order valence-electron chi connectivity index (χ2n) is 5.55. The molecule has 1 aliphatic carbocycles. The highest BCUT2D eigenvalue weighted by molar-refractivity contribution is 6.05. The van der Waals surface area contributed by atoms with Crippen LogP contribution in [0.5, 0.6) is 0 Å². The van der Waals surface area contributed by atoms with Crippen LogP contribution in [-0.2, 0) is 6.42 Å². The summed E-state index contributed by atoms with van der Waals surface area (Å²) in [5.41, 5.74) is 11.0. The van der Waals surface area contributed by atoms with Gasteiger partial charge in [-0.05, 0) is 61.1 Å². The molecule has 3 rings (SSSR count). The van der Waals surface area contributed by atoms with Gasteiger partial charge >= 0.3 is 0 Å². The van der Waals surface area contributed by atoms with Gasteiger partial charge in [-0.25, -0.2) is 0 Å². The maximum atomic E-state index is 12.4. The van der Waals surface area contributed by atoms with E-state index in [-0.39, 0.29) is 11.9 Å². The zero-order valence-electron chi connectivity index (χ0n) is 12.1. The molecule has 0 fully saturated rings. The molecule has 21 heavy (non-hydrogen) atoms. The van der Waals surface area contributed by atoms with Crippen molar-refractivity contribution < 1.29 is 4.79 Å². The SMILES string of the molecule is Cc1cc2c(cc1C(=O)Nc1ccncc1)CCC[C@H]2N. The number of carbonyl (C=O) groups is 1. The predicted octanol–water partition coefficient (Wildman–Crippen LogP) is 2.98. The fraction of sp³-hybridized carbons (Fsp3) is 0.294. The Balaban J connectivity index is 1.90. The molecule has 3 N–H and O–H groups in total. The third-order valence-corrected chi connectivity index (χ3v) is 4.03. The fourth-order valence-corrected chi connectivity index (χ4v) is 2.88. The number of amides is 1. The summed E-state index contributed by atoms with van der Waals surface area (Å²) in [5.74, 6) is -0.0827. The van der Waals surface area contributed by atoms with E-state index in [1.807, 2.05) is 13.0 Å². The van der Waals surface area contributed by atoms with Gasteiger partial charge in [0.15, 0.2) is 0 Å². The van der Waals surface area contributed by atoms with Gasteiger partial charge in [-0.15, -0.1) is 0 Å². The van der Waals surface area contributed by atoms with E-state index < -0.39 is 0 Å². The fourth-order valence-electron chi connectivity index (χ4n) is 2.88. The first-order valence-electron chi connectivity index (χ1n) is 7.25. The Kier molecular flexibility index (Phi) is 3.71. The Bertz CT molecular complexity index is 667. The molecular formula is C17H19N3O. The van der Waals surface area contributed by atoms with Crippen LogP contribution in [0.2, 0.25) is 0 Å². The molecule has 1 aliphatic rings. The monoisotopic (exact) mass is 281 g/mol. The summed E-state index contributed by atoms with van der Waals surface area (Å²) in [6, 6.07) is 7.73. The van der Waals surface area contributed by atoms with Gasteiger partial charge in [-0.2, -0.15) is 0 Å². The summed E-state index contributed by atoms with van der Waals surface area (Å²) in [5, 5.41) is 2.91. The quantitative estimate of drug-likeness (QED) is 0.889. The average molecular weight is 281 g/mol. The number of pyridine rings is 1. The van der Waals surface area contributed by atoms with Crippen molar-refractivity contribution >= 4 is 11.6 Å². The van der Waals surface area contributed by atoms with Crippen molar-refractivity contribution in [1.82, 2.24) is 4.98 Å². The molecule has 0 aliphatic heterocycles. The number of fused-ring (bicyclic) bond motifs is 1. The lowest BCUT2D eigenvalue weighted by Gasteiger charge is -2.24. The molecule has 0 spiro atoms. The molecule has 1 amide bonds. The third-order valence-electron chi connectivity index (χ3n) is 4.03. The summed E-state index contributed by atoms with van der Waals surface area (Å²) in [7, 11) is 0. The lowest BCUT2D eigenvalue weighted by atomic mass is 9.85. The van der Waals surface area contributed by atoms with E-state index in [4.69, 9.17) is 5.73 Å². The van der Waals surface area contributed by atoms with Crippen LogP contribution in [0.3, 0.4) is 0 Å². The molecule has 0 saturated carbocycles. The second-order valence-corrected chi connectivity index (χ2v) is 5.55. The minimum absolute atomic E-state index is 0.0827. The lowest BCUT2D eigenvalue weighted by Crippen LogP contribution is -2.20. The van der Waals surface area contributed by atoms with Crippen LogP contribution >= 0.6 is 0 Å². The van der Waals surface area contributed by atoms with Crippen molar-refractivity contribution in [2.75, 3.05) is 5.32 Å².